The van der Waals surface area contributed by atoms with Crippen LogP contribution in [0.15, 0.2) is 35.3 Å². The normalized spacial score (nSPS) is 14.3. The molecule has 0 N–H and O–H groups in total. The summed E-state index contributed by atoms with van der Waals surface area (Å²) in [5, 5.41) is 4.18. The van der Waals surface area contributed by atoms with Gasteiger partial charge in [0.15, 0.2) is 5.82 Å². The highest BCUT2D eigenvalue weighted by Crippen LogP contribution is 2.22. The van der Waals surface area contributed by atoms with E-state index in [1.165, 1.54) is 4.68 Å². The van der Waals surface area contributed by atoms with Crippen LogP contribution < -0.4 is 0 Å². The van der Waals surface area contributed by atoms with Gasteiger partial charge in [0.1, 0.15) is 0 Å². The molecule has 0 aliphatic carbocycles. The zero-order chi connectivity index (χ0) is 12.5. The van der Waals surface area contributed by atoms with Gasteiger partial charge in [0.05, 0.1) is 12.3 Å². The highest BCUT2D eigenvalue weighted by molar-refractivity contribution is 6.30. The van der Waals surface area contributed by atoms with Gasteiger partial charge in [0.25, 0.3) is 11.9 Å². The molecule has 1 aliphatic rings. The highest BCUT2D eigenvalue weighted by Gasteiger charge is 2.22. The molecule has 5 nitrogen and oxygen atoms in total. The summed E-state index contributed by atoms with van der Waals surface area (Å²) in [6.07, 6.45) is 0.202. The van der Waals surface area contributed by atoms with Crippen LogP contribution in [0.2, 0.25) is 0 Å². The average Bonchev–Trinajstić information content (AvgIpc) is 2.84. The monoisotopic (exact) mass is 260 g/mol. The number of hydrogen-bond donors (Lipinski definition) is 0. The minimum absolute atomic E-state index is 0.148. The Morgan fingerprint density at radius 3 is 2.78 bits per heavy atom. The van der Waals surface area contributed by atoms with E-state index in [9.17, 15) is 4.79 Å². The second-order valence-electron chi connectivity index (χ2n) is 3.90. The summed E-state index contributed by atoms with van der Waals surface area (Å²) in [7, 11) is 0. The lowest BCUT2D eigenvalue weighted by molar-refractivity contribution is 0.0906. The van der Waals surface area contributed by atoms with Crippen molar-refractivity contribution in [2.45, 2.75) is 6.42 Å². The maximum Gasteiger partial charge on any atom is 0.255 e. The van der Waals surface area contributed by atoms with Crippen LogP contribution in [0.5, 0.6) is 0 Å². The molecule has 0 bridgehead atoms. The molecule has 6 heteroatoms. The van der Waals surface area contributed by atoms with E-state index in [0.717, 1.165) is 5.56 Å². The Morgan fingerprint density at radius 1 is 1.28 bits per heavy atom. The summed E-state index contributed by atoms with van der Waals surface area (Å²) >= 11 is 5.70. The van der Waals surface area contributed by atoms with Crippen molar-refractivity contribution >= 4 is 29.2 Å². The number of rotatable bonds is 2. The van der Waals surface area contributed by atoms with Crippen molar-refractivity contribution in [3.63, 3.8) is 0 Å². The molecule has 3 rings (SSSR count). The average molecular weight is 261 g/mol. The summed E-state index contributed by atoms with van der Waals surface area (Å²) in [4.78, 5) is 20.3. The molecule has 0 radical (unpaired) electrons. The van der Waals surface area contributed by atoms with E-state index >= 15 is 0 Å². The van der Waals surface area contributed by atoms with Gasteiger partial charge in [-0.25, -0.2) is 4.99 Å². The number of carbonyl (C=O) groups is 1. The number of halogens is 1. The standard InChI is InChI=1S/C12H9ClN4O/c13-7-9-6-10(18)17-12(14-9)15-11(16-17)8-4-2-1-3-5-8/h1-5H,6-7H2. The third kappa shape index (κ3) is 1.82. The van der Waals surface area contributed by atoms with Crippen LogP contribution in [0.1, 0.15) is 11.2 Å². The van der Waals surface area contributed by atoms with Crippen LogP contribution in [-0.4, -0.2) is 32.3 Å². The Labute approximate surface area is 108 Å². The quantitative estimate of drug-likeness (QED) is 0.779. The van der Waals surface area contributed by atoms with Crippen molar-refractivity contribution in [1.29, 1.82) is 0 Å². The van der Waals surface area contributed by atoms with E-state index in [0.29, 0.717) is 17.5 Å². The lowest BCUT2D eigenvalue weighted by atomic mass is 10.2. The Kier molecular flexibility index (Phi) is 2.68. The summed E-state index contributed by atoms with van der Waals surface area (Å²) in [5.41, 5.74) is 1.48. The molecular weight excluding hydrogens is 252 g/mol. The first kappa shape index (κ1) is 11.1. The fourth-order valence-corrected chi connectivity index (χ4v) is 1.91. The fraction of sp³-hybridized carbons (Fsp3) is 0.167. The highest BCUT2D eigenvalue weighted by atomic mass is 35.5. The number of hydrogen-bond acceptors (Lipinski definition) is 4. The Bertz CT molecular complexity index is 633. The van der Waals surface area contributed by atoms with Gasteiger partial charge in [-0.3, -0.25) is 4.79 Å². The van der Waals surface area contributed by atoms with E-state index in [1.54, 1.807) is 0 Å². The van der Waals surface area contributed by atoms with Crippen LogP contribution in [0.4, 0.5) is 5.95 Å². The van der Waals surface area contributed by atoms with Gasteiger partial charge >= 0.3 is 0 Å². The van der Waals surface area contributed by atoms with Crippen LogP contribution in [0.25, 0.3) is 11.4 Å². The van der Waals surface area contributed by atoms with Crippen molar-refractivity contribution in [3.05, 3.63) is 30.3 Å². The largest absolute Gasteiger partial charge is 0.272 e. The predicted octanol–water partition coefficient (Wildman–Crippen LogP) is 2.30. The first-order valence-electron chi connectivity index (χ1n) is 5.46. The molecule has 0 amide bonds. The van der Waals surface area contributed by atoms with Crippen molar-refractivity contribution in [3.8, 4) is 11.4 Å². The number of benzene rings is 1. The van der Waals surface area contributed by atoms with Crippen LogP contribution in [-0.2, 0) is 0 Å². The Balaban J connectivity index is 2.08. The molecule has 18 heavy (non-hydrogen) atoms. The van der Waals surface area contributed by atoms with Crippen molar-refractivity contribution in [2.75, 3.05) is 5.88 Å². The second-order valence-corrected chi connectivity index (χ2v) is 4.16. The van der Waals surface area contributed by atoms with Crippen LogP contribution >= 0.6 is 11.6 Å². The summed E-state index contributed by atoms with van der Waals surface area (Å²) < 4.78 is 1.23. The molecule has 0 fully saturated rings. The topological polar surface area (TPSA) is 60.1 Å². The molecule has 1 aromatic heterocycles. The lowest BCUT2D eigenvalue weighted by Crippen LogP contribution is -2.21. The molecule has 2 heterocycles. The fourth-order valence-electron chi connectivity index (χ4n) is 1.76. The second kappa shape index (κ2) is 4.34. The van der Waals surface area contributed by atoms with Gasteiger partial charge in [0.2, 0.25) is 0 Å². The van der Waals surface area contributed by atoms with Gasteiger partial charge in [-0.05, 0) is 0 Å². The minimum atomic E-state index is -0.148. The van der Waals surface area contributed by atoms with Crippen molar-refractivity contribution in [1.82, 2.24) is 14.8 Å². The molecule has 0 unspecified atom stereocenters. The molecule has 0 atom stereocenters. The molecule has 0 spiro atoms. The van der Waals surface area contributed by atoms with Gasteiger partial charge in [-0.15, -0.1) is 16.7 Å². The first-order valence-corrected chi connectivity index (χ1v) is 5.99. The summed E-state index contributed by atoms with van der Waals surface area (Å²) in [6, 6.07) is 9.47. The van der Waals surface area contributed by atoms with Gasteiger partial charge in [0, 0.05) is 11.3 Å². The third-order valence-electron chi connectivity index (χ3n) is 2.63. The number of alkyl halides is 1. The first-order chi connectivity index (χ1) is 8.78. The van der Waals surface area contributed by atoms with E-state index < -0.39 is 0 Å². The van der Waals surface area contributed by atoms with Crippen LogP contribution in [0.3, 0.4) is 0 Å². The van der Waals surface area contributed by atoms with Gasteiger partial charge < -0.3 is 0 Å². The molecule has 0 saturated carbocycles. The zero-order valence-electron chi connectivity index (χ0n) is 9.38. The van der Waals surface area contributed by atoms with Gasteiger partial charge in [-0.2, -0.15) is 9.67 Å². The van der Waals surface area contributed by atoms with E-state index in [4.69, 9.17) is 11.6 Å². The maximum absolute atomic E-state index is 11.8. The van der Waals surface area contributed by atoms with E-state index in [2.05, 4.69) is 15.1 Å². The number of nitrogens with zero attached hydrogens (tertiary/aromatic N) is 4. The Hall–Kier alpha value is -2.01. The molecule has 2 aromatic rings. The lowest BCUT2D eigenvalue weighted by Gasteiger charge is -2.08. The zero-order valence-corrected chi connectivity index (χ0v) is 10.1. The number of fused-ring (bicyclic) bond motifs is 1. The van der Waals surface area contributed by atoms with Gasteiger partial charge in [-0.1, -0.05) is 30.3 Å². The Morgan fingerprint density at radius 2 is 2.06 bits per heavy atom. The smallest absolute Gasteiger partial charge is 0.255 e. The van der Waals surface area contributed by atoms with Crippen LogP contribution in [0, 0.1) is 0 Å². The SMILES string of the molecule is O=C1CC(CCl)=Nc2nc(-c3ccccc3)nn21. The number of aliphatic imine (C=N–C) groups is 1. The van der Waals surface area contributed by atoms with E-state index in [1.807, 2.05) is 30.3 Å². The van der Waals surface area contributed by atoms with E-state index in [-0.39, 0.29) is 18.2 Å². The predicted molar refractivity (Wildman–Crippen MR) is 68.5 cm³/mol. The van der Waals surface area contributed by atoms with Crippen molar-refractivity contribution in [2.24, 2.45) is 4.99 Å². The number of carbonyl (C=O) groups excluding carboxylic acids is 1. The molecule has 1 aromatic carbocycles. The third-order valence-corrected chi connectivity index (χ3v) is 2.93. The molecule has 0 saturated heterocycles. The molecular formula is C12H9ClN4O. The summed E-state index contributed by atoms with van der Waals surface area (Å²) in [6.45, 7) is 0. The van der Waals surface area contributed by atoms with Crippen molar-refractivity contribution < 1.29 is 4.79 Å². The number of aromatic nitrogens is 3. The maximum atomic E-state index is 11.8. The minimum Gasteiger partial charge on any atom is -0.272 e. The molecule has 1 aliphatic heterocycles. The molecule has 90 valence electrons. The summed E-state index contributed by atoms with van der Waals surface area (Å²) in [5.74, 6) is 0.892.